The number of nitrogens with zero attached hydrogens (tertiary/aromatic N) is 2. The number of imide groups is 2. The lowest BCUT2D eigenvalue weighted by atomic mass is 9.79. The van der Waals surface area contributed by atoms with Crippen molar-refractivity contribution < 1.29 is 18.8 Å². The highest BCUT2D eigenvalue weighted by Gasteiger charge is 2.38. The van der Waals surface area contributed by atoms with Crippen molar-refractivity contribution >= 4 is 35.3 Å². The van der Waals surface area contributed by atoms with Crippen molar-refractivity contribution in [1.29, 1.82) is 0 Å². The number of carbonyl (C=O) groups is 3. The largest absolute Gasteiger partial charge is 0.366 e. The number of rotatable bonds is 3. The summed E-state index contributed by atoms with van der Waals surface area (Å²) < 4.78 is 13.7. The van der Waals surface area contributed by atoms with Gasteiger partial charge in [0.05, 0.1) is 5.69 Å². The number of amides is 4. The topological polar surface area (TPSA) is 69.7 Å². The average Bonchev–Trinajstić information content (AvgIpc) is 2.71. The molecule has 1 fully saturated rings. The summed E-state index contributed by atoms with van der Waals surface area (Å²) in [5.74, 6) is -1.83. The van der Waals surface area contributed by atoms with Crippen LogP contribution in [0.4, 0.5) is 20.6 Å². The van der Waals surface area contributed by atoms with Crippen LogP contribution in [0.1, 0.15) is 51.2 Å². The average molecular weight is 435 g/mol. The summed E-state index contributed by atoms with van der Waals surface area (Å²) in [5.41, 5.74) is 2.91. The molecule has 4 rings (SSSR count). The van der Waals surface area contributed by atoms with Crippen LogP contribution in [0.3, 0.4) is 0 Å². The van der Waals surface area contributed by atoms with Gasteiger partial charge in [-0.2, -0.15) is 0 Å². The Morgan fingerprint density at radius 2 is 1.91 bits per heavy atom. The normalized spacial score (nSPS) is 21.6. The Kier molecular flexibility index (Phi) is 5.36. The van der Waals surface area contributed by atoms with Gasteiger partial charge in [-0.15, -0.1) is 0 Å². The summed E-state index contributed by atoms with van der Waals surface area (Å²) in [6.45, 7) is 9.64. The molecule has 1 unspecified atom stereocenters. The predicted molar refractivity (Wildman–Crippen MR) is 122 cm³/mol. The van der Waals surface area contributed by atoms with Gasteiger partial charge in [-0.05, 0) is 80.6 Å². The Hall–Kier alpha value is -3.48. The minimum atomic E-state index is -0.900. The summed E-state index contributed by atoms with van der Waals surface area (Å²) in [7, 11) is 0. The maximum atomic E-state index is 13.7. The van der Waals surface area contributed by atoms with Crippen LogP contribution in [0.15, 0.2) is 48.0 Å². The van der Waals surface area contributed by atoms with E-state index in [0.717, 1.165) is 35.2 Å². The fourth-order valence-electron chi connectivity index (χ4n) is 4.87. The van der Waals surface area contributed by atoms with E-state index < -0.39 is 23.7 Å². The molecule has 0 spiro atoms. The van der Waals surface area contributed by atoms with E-state index in [9.17, 15) is 18.8 Å². The summed E-state index contributed by atoms with van der Waals surface area (Å²) in [4.78, 5) is 41.0. The highest BCUT2D eigenvalue weighted by molar-refractivity contribution is 6.39. The number of nitrogens with one attached hydrogen (secondary N) is 1. The standard InChI is InChI=1S/C25H26FN3O3/c1-5-28-21-10-9-16(11-19(21)15(2)14-25(28,3)4)12-20-22(30)27-24(32)29(23(20)31)18-8-6-7-17(26)13-18/h6-13,15H,5,14H2,1-4H3,(H,27,30,32)/b20-12-. The molecule has 166 valence electrons. The van der Waals surface area contributed by atoms with Crippen molar-refractivity contribution in [2.75, 3.05) is 16.3 Å². The number of benzene rings is 2. The highest BCUT2D eigenvalue weighted by atomic mass is 19.1. The third-order valence-electron chi connectivity index (χ3n) is 6.21. The van der Waals surface area contributed by atoms with Crippen molar-refractivity contribution in [2.24, 2.45) is 0 Å². The van der Waals surface area contributed by atoms with Crippen molar-refractivity contribution in [3.05, 3.63) is 65.0 Å². The smallest absolute Gasteiger partial charge is 0.335 e. The van der Waals surface area contributed by atoms with E-state index >= 15 is 0 Å². The molecule has 2 heterocycles. The fraction of sp³-hybridized carbons (Fsp3) is 0.320. The second-order valence-electron chi connectivity index (χ2n) is 8.92. The van der Waals surface area contributed by atoms with Crippen LogP contribution >= 0.6 is 0 Å². The van der Waals surface area contributed by atoms with Crippen molar-refractivity contribution in [3.8, 4) is 0 Å². The molecule has 1 saturated heterocycles. The van der Waals surface area contributed by atoms with E-state index in [1.54, 1.807) is 0 Å². The zero-order chi connectivity index (χ0) is 23.2. The molecular weight excluding hydrogens is 409 g/mol. The Morgan fingerprint density at radius 1 is 1.16 bits per heavy atom. The first-order chi connectivity index (χ1) is 15.1. The Bertz CT molecular complexity index is 1150. The maximum Gasteiger partial charge on any atom is 0.335 e. The number of barbiturate groups is 1. The predicted octanol–water partition coefficient (Wildman–Crippen LogP) is 4.60. The first kappa shape index (κ1) is 21.7. The molecule has 0 saturated carbocycles. The molecule has 2 aliphatic rings. The molecule has 2 aromatic carbocycles. The van der Waals surface area contributed by atoms with E-state index in [1.165, 1.54) is 24.3 Å². The Morgan fingerprint density at radius 3 is 2.59 bits per heavy atom. The third kappa shape index (κ3) is 3.68. The van der Waals surface area contributed by atoms with Crippen molar-refractivity contribution in [2.45, 2.75) is 45.6 Å². The van der Waals surface area contributed by atoms with Crippen LogP contribution in [-0.4, -0.2) is 29.9 Å². The summed E-state index contributed by atoms with van der Waals surface area (Å²) in [6, 6.07) is 10.1. The molecule has 0 bridgehead atoms. The van der Waals surface area contributed by atoms with E-state index in [2.05, 4.69) is 37.9 Å². The second kappa shape index (κ2) is 7.89. The molecular formula is C25H26FN3O3. The third-order valence-corrected chi connectivity index (χ3v) is 6.21. The number of hydrogen-bond acceptors (Lipinski definition) is 4. The number of hydrogen-bond donors (Lipinski definition) is 1. The van der Waals surface area contributed by atoms with Crippen molar-refractivity contribution in [1.82, 2.24) is 5.32 Å². The second-order valence-corrected chi connectivity index (χ2v) is 8.92. The maximum absolute atomic E-state index is 13.7. The van der Waals surface area contributed by atoms with Gasteiger partial charge in [-0.25, -0.2) is 14.1 Å². The zero-order valence-electron chi connectivity index (χ0n) is 18.6. The van der Waals surface area contributed by atoms with Gasteiger partial charge >= 0.3 is 6.03 Å². The van der Waals surface area contributed by atoms with E-state index in [4.69, 9.17) is 0 Å². The van der Waals surface area contributed by atoms with E-state index in [-0.39, 0.29) is 16.8 Å². The summed E-state index contributed by atoms with van der Waals surface area (Å²) >= 11 is 0. The lowest BCUT2D eigenvalue weighted by Gasteiger charge is -2.47. The molecule has 0 aromatic heterocycles. The molecule has 32 heavy (non-hydrogen) atoms. The SMILES string of the molecule is CCN1c2ccc(/C=C3/C(=O)NC(=O)N(c4cccc(F)c4)C3=O)cc2C(C)CC1(C)C. The van der Waals surface area contributed by atoms with Crippen LogP contribution in [0.5, 0.6) is 0 Å². The number of urea groups is 1. The van der Waals surface area contributed by atoms with Gasteiger partial charge in [0, 0.05) is 17.8 Å². The molecule has 0 radical (unpaired) electrons. The zero-order valence-corrected chi connectivity index (χ0v) is 18.6. The first-order valence-corrected chi connectivity index (χ1v) is 10.7. The fourth-order valence-corrected chi connectivity index (χ4v) is 4.87. The quantitative estimate of drug-likeness (QED) is 0.565. The minimum absolute atomic E-state index is 0.0339. The summed E-state index contributed by atoms with van der Waals surface area (Å²) in [6.07, 6.45) is 2.47. The molecule has 1 N–H and O–H groups in total. The van der Waals surface area contributed by atoms with Gasteiger partial charge < -0.3 is 4.90 Å². The molecule has 7 heteroatoms. The molecule has 0 aliphatic carbocycles. The van der Waals surface area contributed by atoms with Crippen LogP contribution in [0.2, 0.25) is 0 Å². The van der Waals surface area contributed by atoms with Crippen LogP contribution < -0.4 is 15.1 Å². The van der Waals surface area contributed by atoms with E-state index in [0.29, 0.717) is 11.5 Å². The van der Waals surface area contributed by atoms with Gasteiger partial charge in [0.15, 0.2) is 0 Å². The van der Waals surface area contributed by atoms with Gasteiger partial charge in [0.1, 0.15) is 11.4 Å². The van der Waals surface area contributed by atoms with Gasteiger partial charge in [0.25, 0.3) is 11.8 Å². The first-order valence-electron chi connectivity index (χ1n) is 10.7. The van der Waals surface area contributed by atoms with E-state index in [1.807, 2.05) is 18.2 Å². The van der Waals surface area contributed by atoms with Crippen LogP contribution in [0.25, 0.3) is 6.08 Å². The highest BCUT2D eigenvalue weighted by Crippen LogP contribution is 2.43. The van der Waals surface area contributed by atoms with Gasteiger partial charge in [-0.3, -0.25) is 14.9 Å². The number of carbonyl (C=O) groups excluding carboxylic acids is 3. The minimum Gasteiger partial charge on any atom is -0.366 e. The molecule has 1 atom stereocenters. The number of halogens is 1. The molecule has 2 aliphatic heterocycles. The van der Waals surface area contributed by atoms with Crippen LogP contribution in [0, 0.1) is 5.82 Å². The van der Waals surface area contributed by atoms with Gasteiger partial charge in [0.2, 0.25) is 0 Å². The van der Waals surface area contributed by atoms with Gasteiger partial charge in [-0.1, -0.05) is 19.1 Å². The lowest BCUT2D eigenvalue weighted by molar-refractivity contribution is -0.122. The molecule has 2 aromatic rings. The molecule has 4 amide bonds. The lowest BCUT2D eigenvalue weighted by Crippen LogP contribution is -2.54. The Labute approximate surface area is 186 Å². The Balaban J connectivity index is 1.73. The molecule has 6 nitrogen and oxygen atoms in total. The van der Waals surface area contributed by atoms with Crippen molar-refractivity contribution in [3.63, 3.8) is 0 Å². The summed E-state index contributed by atoms with van der Waals surface area (Å²) in [5, 5.41) is 2.17. The number of fused-ring (bicyclic) bond motifs is 1. The number of anilines is 2. The monoisotopic (exact) mass is 435 g/mol. The van der Waals surface area contributed by atoms with Crippen LogP contribution in [-0.2, 0) is 9.59 Å².